The summed E-state index contributed by atoms with van der Waals surface area (Å²) in [5.41, 5.74) is 2.63. The molecule has 1 atom stereocenters. The molecule has 1 heterocycles. The number of nitrogens with zero attached hydrogens (tertiary/aromatic N) is 1. The largest absolute Gasteiger partial charge is 0.310 e. The molecule has 0 spiro atoms. The van der Waals surface area contributed by atoms with E-state index in [0.717, 1.165) is 22.8 Å². The van der Waals surface area contributed by atoms with Crippen LogP contribution in [0.15, 0.2) is 18.2 Å². The Morgan fingerprint density at radius 2 is 2.11 bits per heavy atom. The fourth-order valence-corrected chi connectivity index (χ4v) is 3.24. The molecule has 1 unspecified atom stereocenters. The van der Waals surface area contributed by atoms with Crippen molar-refractivity contribution in [2.24, 2.45) is 0 Å². The second-order valence-electron chi connectivity index (χ2n) is 4.73. The first-order valence-electron chi connectivity index (χ1n) is 6.50. The number of halogens is 1. The first-order chi connectivity index (χ1) is 9.02. The van der Waals surface area contributed by atoms with Crippen LogP contribution in [0.3, 0.4) is 0 Å². The summed E-state index contributed by atoms with van der Waals surface area (Å²) in [6.45, 7) is 9.05. The smallest absolute Gasteiger partial charge is 0.133 e. The summed E-state index contributed by atoms with van der Waals surface area (Å²) in [5.74, 6) is -0.206. The molecule has 2 rings (SSSR count). The van der Waals surface area contributed by atoms with E-state index < -0.39 is 0 Å². The Kier molecular flexibility index (Phi) is 4.32. The van der Waals surface area contributed by atoms with Crippen molar-refractivity contribution in [3.05, 3.63) is 40.2 Å². The molecular weight excluding hydrogens is 259 g/mol. The average molecular weight is 278 g/mol. The second kappa shape index (κ2) is 5.80. The fraction of sp³-hybridized carbons (Fsp3) is 0.400. The molecule has 0 saturated carbocycles. The van der Waals surface area contributed by atoms with Crippen molar-refractivity contribution < 1.29 is 4.39 Å². The van der Waals surface area contributed by atoms with Crippen molar-refractivity contribution in [3.63, 3.8) is 0 Å². The molecule has 102 valence electrons. The van der Waals surface area contributed by atoms with Crippen molar-refractivity contribution in [1.82, 2.24) is 10.3 Å². The molecule has 19 heavy (non-hydrogen) atoms. The van der Waals surface area contributed by atoms with Crippen LogP contribution < -0.4 is 5.32 Å². The number of hydrogen-bond donors (Lipinski definition) is 1. The van der Waals surface area contributed by atoms with Crippen LogP contribution in [0.1, 0.15) is 36.0 Å². The predicted octanol–water partition coefficient (Wildman–Crippen LogP) is 4.24. The normalized spacial score (nSPS) is 12.7. The molecular formula is C15H19FN2S. The Morgan fingerprint density at radius 3 is 2.79 bits per heavy atom. The number of thiazole rings is 1. The number of benzene rings is 1. The fourth-order valence-electron chi connectivity index (χ4n) is 2.13. The highest BCUT2D eigenvalue weighted by Crippen LogP contribution is 2.33. The summed E-state index contributed by atoms with van der Waals surface area (Å²) in [6.07, 6.45) is 0. The maximum Gasteiger partial charge on any atom is 0.133 e. The molecule has 1 aromatic carbocycles. The van der Waals surface area contributed by atoms with Crippen LogP contribution in [0.4, 0.5) is 4.39 Å². The zero-order valence-electron chi connectivity index (χ0n) is 11.7. The van der Waals surface area contributed by atoms with E-state index >= 15 is 0 Å². The monoisotopic (exact) mass is 278 g/mol. The molecule has 0 aliphatic rings. The van der Waals surface area contributed by atoms with Gasteiger partial charge < -0.3 is 5.32 Å². The Morgan fingerprint density at radius 1 is 1.37 bits per heavy atom. The average Bonchev–Trinajstić information content (AvgIpc) is 2.74. The predicted molar refractivity (Wildman–Crippen MR) is 79.1 cm³/mol. The summed E-state index contributed by atoms with van der Waals surface area (Å²) in [4.78, 5) is 5.70. The molecule has 0 fully saturated rings. The minimum Gasteiger partial charge on any atom is -0.310 e. The van der Waals surface area contributed by atoms with Crippen LogP contribution in [0.25, 0.3) is 10.6 Å². The van der Waals surface area contributed by atoms with Crippen LogP contribution in [0.2, 0.25) is 0 Å². The molecule has 0 radical (unpaired) electrons. The zero-order chi connectivity index (χ0) is 14.0. The van der Waals surface area contributed by atoms with Crippen LogP contribution in [0.5, 0.6) is 0 Å². The number of aromatic nitrogens is 1. The van der Waals surface area contributed by atoms with Crippen LogP contribution >= 0.6 is 11.3 Å². The highest BCUT2D eigenvalue weighted by Gasteiger charge is 2.16. The van der Waals surface area contributed by atoms with E-state index in [4.69, 9.17) is 0 Å². The maximum atomic E-state index is 13.9. The third-order valence-electron chi connectivity index (χ3n) is 3.09. The topological polar surface area (TPSA) is 24.9 Å². The van der Waals surface area contributed by atoms with Gasteiger partial charge in [-0.15, -0.1) is 11.3 Å². The second-order valence-corrected chi connectivity index (χ2v) is 5.76. The number of nitrogens with one attached hydrogen (secondary N) is 1. The van der Waals surface area contributed by atoms with Crippen LogP contribution in [-0.2, 0) is 0 Å². The van der Waals surface area contributed by atoms with Gasteiger partial charge >= 0.3 is 0 Å². The van der Waals surface area contributed by atoms with Gasteiger partial charge in [0, 0.05) is 16.5 Å². The van der Waals surface area contributed by atoms with E-state index in [1.807, 2.05) is 19.9 Å². The molecule has 0 amide bonds. The van der Waals surface area contributed by atoms with Gasteiger partial charge in [0.1, 0.15) is 10.8 Å². The number of rotatable bonds is 4. The molecule has 0 saturated heterocycles. The summed E-state index contributed by atoms with van der Waals surface area (Å²) in [6, 6.07) is 5.40. The Hall–Kier alpha value is -1.26. The molecule has 2 nitrogen and oxygen atoms in total. The third kappa shape index (κ3) is 3.01. The lowest BCUT2D eigenvalue weighted by molar-refractivity contribution is 0.603. The third-order valence-corrected chi connectivity index (χ3v) is 4.46. The molecule has 1 aromatic heterocycles. The molecule has 0 aliphatic heterocycles. The molecule has 1 N–H and O–H groups in total. The van der Waals surface area contributed by atoms with Crippen molar-refractivity contribution in [2.75, 3.05) is 6.54 Å². The standard InChI is InChI=1S/C15H19FN2S/c1-5-17-10(3)14-11(4)18-15(19-14)12-8-9(2)6-7-13(12)16/h6-8,10,17H,5H2,1-4H3. The lowest BCUT2D eigenvalue weighted by atomic mass is 10.1. The van der Waals surface area contributed by atoms with Crippen molar-refractivity contribution in [1.29, 1.82) is 0 Å². The van der Waals surface area contributed by atoms with Gasteiger partial charge in [-0.2, -0.15) is 0 Å². The maximum absolute atomic E-state index is 13.9. The van der Waals surface area contributed by atoms with E-state index in [-0.39, 0.29) is 11.9 Å². The lowest BCUT2D eigenvalue weighted by Crippen LogP contribution is -2.17. The summed E-state index contributed by atoms with van der Waals surface area (Å²) in [7, 11) is 0. The van der Waals surface area contributed by atoms with Gasteiger partial charge in [-0.3, -0.25) is 0 Å². The van der Waals surface area contributed by atoms with Crippen LogP contribution in [-0.4, -0.2) is 11.5 Å². The Balaban J connectivity index is 2.41. The summed E-state index contributed by atoms with van der Waals surface area (Å²) < 4.78 is 13.9. The van der Waals surface area contributed by atoms with E-state index in [9.17, 15) is 4.39 Å². The number of aryl methyl sites for hydroxylation is 2. The van der Waals surface area contributed by atoms with Gasteiger partial charge in [-0.1, -0.05) is 18.6 Å². The Bertz CT molecular complexity index is 578. The minimum atomic E-state index is -0.206. The molecule has 4 heteroatoms. The van der Waals surface area contributed by atoms with E-state index in [2.05, 4.69) is 24.1 Å². The highest BCUT2D eigenvalue weighted by molar-refractivity contribution is 7.15. The summed E-state index contributed by atoms with van der Waals surface area (Å²) in [5, 5.41) is 4.13. The van der Waals surface area contributed by atoms with E-state index in [1.165, 1.54) is 10.9 Å². The molecule has 0 bridgehead atoms. The van der Waals surface area contributed by atoms with Crippen molar-refractivity contribution >= 4 is 11.3 Å². The zero-order valence-corrected chi connectivity index (χ0v) is 12.6. The number of hydrogen-bond acceptors (Lipinski definition) is 3. The van der Waals surface area contributed by atoms with Gasteiger partial charge in [0.25, 0.3) is 0 Å². The van der Waals surface area contributed by atoms with Crippen molar-refractivity contribution in [2.45, 2.75) is 33.7 Å². The molecule has 0 aliphatic carbocycles. The highest BCUT2D eigenvalue weighted by atomic mass is 32.1. The first-order valence-corrected chi connectivity index (χ1v) is 7.31. The van der Waals surface area contributed by atoms with Gasteiger partial charge in [-0.05, 0) is 39.4 Å². The van der Waals surface area contributed by atoms with Gasteiger partial charge in [0.15, 0.2) is 0 Å². The van der Waals surface area contributed by atoms with E-state index in [1.54, 1.807) is 17.4 Å². The molecule has 2 aromatic rings. The van der Waals surface area contributed by atoms with Gasteiger partial charge in [0.2, 0.25) is 0 Å². The van der Waals surface area contributed by atoms with Crippen LogP contribution in [0, 0.1) is 19.7 Å². The quantitative estimate of drug-likeness (QED) is 0.905. The van der Waals surface area contributed by atoms with Gasteiger partial charge in [0.05, 0.1) is 5.69 Å². The first kappa shape index (κ1) is 14.2. The Labute approximate surface area is 117 Å². The van der Waals surface area contributed by atoms with E-state index in [0.29, 0.717) is 5.56 Å². The lowest BCUT2D eigenvalue weighted by Gasteiger charge is -2.09. The SMILES string of the molecule is CCNC(C)c1sc(-c2cc(C)ccc2F)nc1C. The summed E-state index contributed by atoms with van der Waals surface area (Å²) >= 11 is 1.57. The van der Waals surface area contributed by atoms with Gasteiger partial charge in [-0.25, -0.2) is 9.37 Å². The minimum absolute atomic E-state index is 0.206. The van der Waals surface area contributed by atoms with Crippen molar-refractivity contribution in [3.8, 4) is 10.6 Å².